The summed E-state index contributed by atoms with van der Waals surface area (Å²) >= 11 is 1.84. The molecular weight excluding hydrogens is 234 g/mol. The van der Waals surface area contributed by atoms with Crippen LogP contribution in [-0.2, 0) is 16.0 Å². The lowest BCUT2D eigenvalue weighted by Crippen LogP contribution is -2.46. The summed E-state index contributed by atoms with van der Waals surface area (Å²) in [6, 6.07) is 4.79. The van der Waals surface area contributed by atoms with E-state index in [2.05, 4.69) is 22.4 Å². The van der Waals surface area contributed by atoms with E-state index in [1.165, 1.54) is 30.7 Å². The van der Waals surface area contributed by atoms with Gasteiger partial charge >= 0.3 is 0 Å². The fourth-order valence-electron chi connectivity index (χ4n) is 2.72. The summed E-state index contributed by atoms with van der Waals surface area (Å²) in [5, 5.41) is 2.15. The lowest BCUT2D eigenvalue weighted by atomic mass is 10.0. The van der Waals surface area contributed by atoms with Gasteiger partial charge in [0.05, 0.1) is 19.3 Å². The van der Waals surface area contributed by atoms with E-state index in [1.807, 2.05) is 11.3 Å². The number of hydrogen-bond donors (Lipinski definition) is 0. The molecule has 0 amide bonds. The minimum Gasteiger partial charge on any atom is -0.349 e. The molecule has 1 aromatic heterocycles. The van der Waals surface area contributed by atoms with Crippen molar-refractivity contribution in [2.24, 2.45) is 0 Å². The molecule has 1 aromatic rings. The van der Waals surface area contributed by atoms with Crippen molar-refractivity contribution in [1.82, 2.24) is 4.90 Å². The van der Waals surface area contributed by atoms with Crippen LogP contribution in [0.4, 0.5) is 0 Å². The maximum absolute atomic E-state index is 5.68. The first-order chi connectivity index (χ1) is 8.43. The van der Waals surface area contributed by atoms with E-state index in [1.54, 1.807) is 0 Å². The van der Waals surface area contributed by atoms with Crippen LogP contribution in [-0.4, -0.2) is 37.0 Å². The molecule has 0 aliphatic carbocycles. The van der Waals surface area contributed by atoms with Gasteiger partial charge < -0.3 is 9.47 Å². The number of piperidine rings is 1. The molecule has 2 saturated heterocycles. The smallest absolute Gasteiger partial charge is 0.173 e. The molecule has 2 aliphatic heterocycles. The van der Waals surface area contributed by atoms with E-state index in [0.717, 1.165) is 19.8 Å². The van der Waals surface area contributed by atoms with Crippen LogP contribution in [0.15, 0.2) is 17.5 Å². The van der Waals surface area contributed by atoms with Crippen molar-refractivity contribution < 1.29 is 9.47 Å². The van der Waals surface area contributed by atoms with Gasteiger partial charge in [0.1, 0.15) is 0 Å². The van der Waals surface area contributed by atoms with Crippen LogP contribution >= 0.6 is 11.3 Å². The molecule has 17 heavy (non-hydrogen) atoms. The number of rotatable bonds is 3. The zero-order chi connectivity index (χ0) is 11.5. The summed E-state index contributed by atoms with van der Waals surface area (Å²) < 4.78 is 11.4. The highest BCUT2D eigenvalue weighted by atomic mass is 32.1. The summed E-state index contributed by atoms with van der Waals surface area (Å²) in [6.07, 6.45) is 3.81. The molecule has 0 bridgehead atoms. The first-order valence-electron chi connectivity index (χ1n) is 6.43. The molecule has 4 heteroatoms. The molecule has 3 nitrogen and oxygen atoms in total. The average molecular weight is 253 g/mol. The Kier molecular flexibility index (Phi) is 3.76. The summed E-state index contributed by atoms with van der Waals surface area (Å²) in [7, 11) is 0. The van der Waals surface area contributed by atoms with Crippen LogP contribution in [0.1, 0.15) is 24.1 Å². The van der Waals surface area contributed by atoms with Gasteiger partial charge in [0.15, 0.2) is 6.29 Å². The zero-order valence-electron chi connectivity index (χ0n) is 10.0. The molecule has 0 N–H and O–H groups in total. The van der Waals surface area contributed by atoms with Crippen LogP contribution in [0.5, 0.6) is 0 Å². The van der Waals surface area contributed by atoms with E-state index in [9.17, 15) is 0 Å². The SMILES string of the molecule is c1csc(CN2CCCCC2C2OCCO2)c1. The Labute approximate surface area is 106 Å². The van der Waals surface area contributed by atoms with Gasteiger partial charge in [-0.3, -0.25) is 4.90 Å². The molecular formula is C13H19NO2S. The van der Waals surface area contributed by atoms with Gasteiger partial charge in [-0.15, -0.1) is 11.3 Å². The number of nitrogens with zero attached hydrogens (tertiary/aromatic N) is 1. The Hall–Kier alpha value is -0.420. The third-order valence-electron chi connectivity index (χ3n) is 3.56. The fraction of sp³-hybridized carbons (Fsp3) is 0.692. The molecule has 1 unspecified atom stereocenters. The number of ether oxygens (including phenoxy) is 2. The fourth-order valence-corrected chi connectivity index (χ4v) is 3.45. The van der Waals surface area contributed by atoms with Gasteiger partial charge in [0.25, 0.3) is 0 Å². The Morgan fingerprint density at radius 3 is 2.94 bits per heavy atom. The highest BCUT2D eigenvalue weighted by molar-refractivity contribution is 7.09. The number of thiophene rings is 1. The molecule has 2 fully saturated rings. The van der Waals surface area contributed by atoms with E-state index in [4.69, 9.17) is 9.47 Å². The molecule has 0 radical (unpaired) electrons. The van der Waals surface area contributed by atoms with Crippen molar-refractivity contribution >= 4 is 11.3 Å². The summed E-state index contributed by atoms with van der Waals surface area (Å²) in [5.41, 5.74) is 0. The topological polar surface area (TPSA) is 21.7 Å². The summed E-state index contributed by atoms with van der Waals surface area (Å²) in [5.74, 6) is 0. The van der Waals surface area contributed by atoms with Crippen LogP contribution in [0, 0.1) is 0 Å². The van der Waals surface area contributed by atoms with E-state index in [0.29, 0.717) is 6.04 Å². The highest BCUT2D eigenvalue weighted by Gasteiger charge is 2.33. The zero-order valence-corrected chi connectivity index (χ0v) is 10.8. The highest BCUT2D eigenvalue weighted by Crippen LogP contribution is 2.26. The van der Waals surface area contributed by atoms with Gasteiger partial charge in [-0.1, -0.05) is 12.5 Å². The standard InChI is InChI=1S/C13H19NO2S/c1-2-6-14(10-11-4-3-9-17-11)12(5-1)13-15-7-8-16-13/h3-4,9,12-13H,1-2,5-8,10H2. The Morgan fingerprint density at radius 1 is 1.29 bits per heavy atom. The number of likely N-dealkylation sites (tertiary alicyclic amines) is 1. The second kappa shape index (κ2) is 5.48. The Bertz CT molecular complexity index is 335. The second-order valence-corrected chi connectivity index (χ2v) is 5.76. The lowest BCUT2D eigenvalue weighted by Gasteiger charge is -2.37. The van der Waals surface area contributed by atoms with E-state index >= 15 is 0 Å². The monoisotopic (exact) mass is 253 g/mol. The van der Waals surface area contributed by atoms with Gasteiger partial charge in [-0.25, -0.2) is 0 Å². The molecule has 2 aliphatic rings. The van der Waals surface area contributed by atoms with Crippen LogP contribution in [0.3, 0.4) is 0 Å². The summed E-state index contributed by atoms with van der Waals surface area (Å²) in [6.45, 7) is 3.74. The lowest BCUT2D eigenvalue weighted by molar-refractivity contribution is -0.111. The molecule has 3 heterocycles. The van der Waals surface area contributed by atoms with Crippen molar-refractivity contribution in [3.8, 4) is 0 Å². The largest absolute Gasteiger partial charge is 0.349 e. The van der Waals surface area contributed by atoms with Gasteiger partial charge in [0.2, 0.25) is 0 Å². The maximum atomic E-state index is 5.68. The van der Waals surface area contributed by atoms with E-state index < -0.39 is 0 Å². The molecule has 0 spiro atoms. The first-order valence-corrected chi connectivity index (χ1v) is 7.31. The van der Waals surface area contributed by atoms with Crippen LogP contribution in [0.25, 0.3) is 0 Å². The van der Waals surface area contributed by atoms with Crippen molar-refractivity contribution in [3.63, 3.8) is 0 Å². The van der Waals surface area contributed by atoms with Crippen LogP contribution in [0.2, 0.25) is 0 Å². The second-order valence-electron chi connectivity index (χ2n) is 4.72. The molecule has 94 valence electrons. The third kappa shape index (κ3) is 2.71. The molecule has 0 aromatic carbocycles. The predicted molar refractivity (Wildman–Crippen MR) is 68.1 cm³/mol. The third-order valence-corrected chi connectivity index (χ3v) is 4.43. The van der Waals surface area contributed by atoms with Crippen molar-refractivity contribution in [2.45, 2.75) is 38.1 Å². The number of hydrogen-bond acceptors (Lipinski definition) is 4. The Morgan fingerprint density at radius 2 is 2.18 bits per heavy atom. The normalized spacial score (nSPS) is 27.6. The minimum atomic E-state index is 0.00950. The van der Waals surface area contributed by atoms with Crippen molar-refractivity contribution in [3.05, 3.63) is 22.4 Å². The molecule has 3 rings (SSSR count). The van der Waals surface area contributed by atoms with Gasteiger partial charge in [-0.05, 0) is 30.8 Å². The van der Waals surface area contributed by atoms with E-state index in [-0.39, 0.29) is 6.29 Å². The minimum absolute atomic E-state index is 0.00950. The van der Waals surface area contributed by atoms with Crippen molar-refractivity contribution in [1.29, 1.82) is 0 Å². The predicted octanol–water partition coefficient (Wildman–Crippen LogP) is 2.48. The van der Waals surface area contributed by atoms with Crippen LogP contribution < -0.4 is 0 Å². The van der Waals surface area contributed by atoms with Gasteiger partial charge in [0, 0.05) is 11.4 Å². The average Bonchev–Trinajstić information content (AvgIpc) is 3.01. The van der Waals surface area contributed by atoms with Crippen molar-refractivity contribution in [2.75, 3.05) is 19.8 Å². The molecule has 0 saturated carbocycles. The molecule has 1 atom stereocenters. The van der Waals surface area contributed by atoms with Gasteiger partial charge in [-0.2, -0.15) is 0 Å². The summed E-state index contributed by atoms with van der Waals surface area (Å²) in [4.78, 5) is 3.97. The Balaban J connectivity index is 1.66. The maximum Gasteiger partial charge on any atom is 0.173 e. The first kappa shape index (κ1) is 11.7. The quantitative estimate of drug-likeness (QED) is 0.826.